The van der Waals surface area contributed by atoms with Crippen LogP contribution in [0.1, 0.15) is 45.4 Å². The fourth-order valence-corrected chi connectivity index (χ4v) is 4.10. The Morgan fingerprint density at radius 3 is 2.63 bits per heavy atom. The van der Waals surface area contributed by atoms with E-state index in [1.807, 2.05) is 0 Å². The summed E-state index contributed by atoms with van der Waals surface area (Å²) in [5, 5.41) is 0. The Morgan fingerprint density at radius 1 is 1.37 bits per heavy atom. The molecule has 1 atom stereocenters. The normalized spacial score (nSPS) is 21.4. The maximum atomic E-state index is 12.5. The summed E-state index contributed by atoms with van der Waals surface area (Å²) in [5.74, 6) is 0. The van der Waals surface area contributed by atoms with E-state index < -0.39 is 10.2 Å². The van der Waals surface area contributed by atoms with Crippen LogP contribution in [0.15, 0.2) is 0 Å². The van der Waals surface area contributed by atoms with Gasteiger partial charge in [-0.2, -0.15) is 17.0 Å². The van der Waals surface area contributed by atoms with Gasteiger partial charge in [-0.15, -0.1) is 12.4 Å². The second-order valence-electron chi connectivity index (χ2n) is 5.02. The van der Waals surface area contributed by atoms with E-state index in [2.05, 4.69) is 6.92 Å². The third-order valence-corrected chi connectivity index (χ3v) is 5.63. The van der Waals surface area contributed by atoms with Crippen molar-refractivity contribution in [2.75, 3.05) is 26.7 Å². The second-order valence-corrected chi connectivity index (χ2v) is 7.01. The first-order valence-electron chi connectivity index (χ1n) is 6.97. The van der Waals surface area contributed by atoms with E-state index in [-0.39, 0.29) is 18.4 Å². The fraction of sp³-hybridized carbons (Fsp3) is 1.00. The first-order chi connectivity index (χ1) is 8.54. The number of rotatable bonds is 7. The van der Waals surface area contributed by atoms with Gasteiger partial charge in [-0.05, 0) is 32.2 Å². The van der Waals surface area contributed by atoms with Crippen molar-refractivity contribution in [2.45, 2.75) is 51.5 Å². The largest absolute Gasteiger partial charge is 0.330 e. The topological polar surface area (TPSA) is 66.6 Å². The third-order valence-electron chi connectivity index (χ3n) is 3.59. The molecule has 0 aliphatic carbocycles. The molecule has 0 aromatic heterocycles. The molecule has 1 rings (SSSR count). The number of unbranched alkanes of at least 4 members (excludes halogenated alkanes) is 1. The van der Waals surface area contributed by atoms with Crippen LogP contribution in [-0.4, -0.2) is 49.8 Å². The van der Waals surface area contributed by atoms with Crippen LogP contribution in [0.5, 0.6) is 0 Å². The summed E-state index contributed by atoms with van der Waals surface area (Å²) in [5.41, 5.74) is 5.59. The molecule has 19 heavy (non-hydrogen) atoms. The molecule has 2 N–H and O–H groups in total. The molecule has 0 saturated carbocycles. The fourth-order valence-electron chi connectivity index (χ4n) is 2.43. The highest BCUT2D eigenvalue weighted by Crippen LogP contribution is 2.24. The van der Waals surface area contributed by atoms with E-state index in [9.17, 15) is 8.42 Å². The quantitative estimate of drug-likeness (QED) is 0.776. The number of nitrogens with zero attached hydrogens (tertiary/aromatic N) is 2. The zero-order chi connectivity index (χ0) is 13.6. The molecule has 1 aliphatic rings. The van der Waals surface area contributed by atoms with E-state index in [1.165, 1.54) is 4.31 Å². The Morgan fingerprint density at radius 2 is 2.05 bits per heavy atom. The van der Waals surface area contributed by atoms with Gasteiger partial charge in [0.25, 0.3) is 10.2 Å². The first kappa shape index (κ1) is 19.1. The molecular weight excluding hydrogens is 286 g/mol. The lowest BCUT2D eigenvalue weighted by Crippen LogP contribution is -2.50. The van der Waals surface area contributed by atoms with Crippen LogP contribution in [0, 0.1) is 0 Å². The number of nitrogens with two attached hydrogens (primary N) is 1. The summed E-state index contributed by atoms with van der Waals surface area (Å²) in [7, 11) is -1.61. The summed E-state index contributed by atoms with van der Waals surface area (Å²) in [6.45, 7) is 3.86. The van der Waals surface area contributed by atoms with Crippen LogP contribution in [0.2, 0.25) is 0 Å². The van der Waals surface area contributed by atoms with Crippen molar-refractivity contribution >= 4 is 22.6 Å². The minimum Gasteiger partial charge on any atom is -0.330 e. The minimum atomic E-state index is -3.29. The molecule has 1 heterocycles. The molecule has 1 fully saturated rings. The number of hydrogen-bond acceptors (Lipinski definition) is 3. The molecule has 0 spiro atoms. The Labute approximate surface area is 124 Å². The van der Waals surface area contributed by atoms with Crippen LogP contribution in [-0.2, 0) is 10.2 Å². The molecular formula is C12H28ClN3O2S. The second kappa shape index (κ2) is 9.13. The standard InChI is InChI=1S/C12H27N3O2S.ClH/c1-3-4-10-14(2)18(16,17)15-11-6-5-7-12(15)8-9-13;/h12H,3-11,13H2,1-2H3;1H. The van der Waals surface area contributed by atoms with Gasteiger partial charge in [0.15, 0.2) is 0 Å². The Balaban J connectivity index is 0.00000324. The Kier molecular flexibility index (Phi) is 9.19. The minimum absolute atomic E-state index is 0. The molecule has 0 radical (unpaired) electrons. The van der Waals surface area contributed by atoms with E-state index >= 15 is 0 Å². The van der Waals surface area contributed by atoms with Crippen LogP contribution < -0.4 is 5.73 Å². The average molecular weight is 314 g/mol. The maximum absolute atomic E-state index is 12.5. The predicted molar refractivity (Wildman–Crippen MR) is 81.7 cm³/mol. The number of hydrogen-bond donors (Lipinski definition) is 1. The summed E-state index contributed by atoms with van der Waals surface area (Å²) in [4.78, 5) is 0. The summed E-state index contributed by atoms with van der Waals surface area (Å²) in [6, 6.07) is 0.0952. The number of piperidine rings is 1. The predicted octanol–water partition coefficient (Wildman–Crippen LogP) is 1.59. The van der Waals surface area contributed by atoms with E-state index in [4.69, 9.17) is 5.73 Å². The van der Waals surface area contributed by atoms with Gasteiger partial charge in [-0.1, -0.05) is 19.8 Å². The molecule has 0 aromatic carbocycles. The molecule has 1 saturated heterocycles. The van der Waals surface area contributed by atoms with Crippen molar-refractivity contribution in [2.24, 2.45) is 5.73 Å². The van der Waals surface area contributed by atoms with Crippen molar-refractivity contribution in [3.8, 4) is 0 Å². The maximum Gasteiger partial charge on any atom is 0.281 e. The number of halogens is 1. The average Bonchev–Trinajstić information content (AvgIpc) is 2.36. The molecule has 1 aliphatic heterocycles. The monoisotopic (exact) mass is 313 g/mol. The third kappa shape index (κ3) is 5.19. The summed E-state index contributed by atoms with van der Waals surface area (Å²) in [6.07, 6.45) is 5.69. The van der Waals surface area contributed by atoms with Crippen molar-refractivity contribution < 1.29 is 8.42 Å². The zero-order valence-electron chi connectivity index (χ0n) is 12.0. The van der Waals surface area contributed by atoms with E-state index in [0.717, 1.165) is 38.5 Å². The molecule has 1 unspecified atom stereocenters. The zero-order valence-corrected chi connectivity index (χ0v) is 13.7. The first-order valence-corrected chi connectivity index (χ1v) is 8.37. The van der Waals surface area contributed by atoms with Gasteiger partial charge in [0.05, 0.1) is 0 Å². The van der Waals surface area contributed by atoms with Gasteiger partial charge in [0, 0.05) is 26.2 Å². The van der Waals surface area contributed by atoms with Gasteiger partial charge in [-0.3, -0.25) is 0 Å². The van der Waals surface area contributed by atoms with Crippen molar-refractivity contribution in [3.63, 3.8) is 0 Å². The van der Waals surface area contributed by atoms with Crippen molar-refractivity contribution in [3.05, 3.63) is 0 Å². The van der Waals surface area contributed by atoms with Gasteiger partial charge in [-0.25, -0.2) is 0 Å². The van der Waals surface area contributed by atoms with Crippen molar-refractivity contribution in [1.29, 1.82) is 0 Å². The molecule has 0 amide bonds. The highest BCUT2D eigenvalue weighted by atomic mass is 35.5. The summed E-state index contributed by atoms with van der Waals surface area (Å²) < 4.78 is 28.1. The van der Waals surface area contributed by atoms with Crippen LogP contribution in [0.25, 0.3) is 0 Å². The lowest BCUT2D eigenvalue weighted by Gasteiger charge is -2.37. The summed E-state index contributed by atoms with van der Waals surface area (Å²) >= 11 is 0. The van der Waals surface area contributed by atoms with E-state index in [1.54, 1.807) is 11.4 Å². The highest BCUT2D eigenvalue weighted by molar-refractivity contribution is 7.86. The van der Waals surface area contributed by atoms with Gasteiger partial charge in [0.1, 0.15) is 0 Å². The highest BCUT2D eigenvalue weighted by Gasteiger charge is 2.34. The lowest BCUT2D eigenvalue weighted by molar-refractivity contribution is 0.227. The lowest BCUT2D eigenvalue weighted by atomic mass is 10.0. The molecule has 5 nitrogen and oxygen atoms in total. The smallest absolute Gasteiger partial charge is 0.281 e. The molecule has 0 aromatic rings. The Hall–Kier alpha value is 0.120. The van der Waals surface area contributed by atoms with Gasteiger partial charge < -0.3 is 5.73 Å². The van der Waals surface area contributed by atoms with Crippen LogP contribution >= 0.6 is 12.4 Å². The molecule has 116 valence electrons. The molecule has 7 heteroatoms. The van der Waals surface area contributed by atoms with Gasteiger partial charge in [0.2, 0.25) is 0 Å². The van der Waals surface area contributed by atoms with E-state index in [0.29, 0.717) is 19.6 Å². The van der Waals surface area contributed by atoms with Crippen LogP contribution in [0.4, 0.5) is 0 Å². The van der Waals surface area contributed by atoms with Crippen LogP contribution in [0.3, 0.4) is 0 Å². The van der Waals surface area contributed by atoms with Crippen molar-refractivity contribution in [1.82, 2.24) is 8.61 Å². The van der Waals surface area contributed by atoms with Gasteiger partial charge >= 0.3 is 0 Å². The molecule has 0 bridgehead atoms. The SMILES string of the molecule is CCCCN(C)S(=O)(=O)N1CCCCC1CCN.Cl. The Bertz CT molecular complexity index is 336.